The molecule has 0 amide bonds. The fourth-order valence-electron chi connectivity index (χ4n) is 1.74. The van der Waals surface area contributed by atoms with Gasteiger partial charge in [-0.2, -0.15) is 5.26 Å². The van der Waals surface area contributed by atoms with Gasteiger partial charge in [-0.15, -0.1) is 0 Å². The van der Waals surface area contributed by atoms with E-state index in [0.717, 1.165) is 5.56 Å². The molecule has 19 heavy (non-hydrogen) atoms. The molecule has 0 spiro atoms. The lowest BCUT2D eigenvalue weighted by Gasteiger charge is -2.16. The Hall–Kier alpha value is -2.45. The van der Waals surface area contributed by atoms with Crippen molar-refractivity contribution < 1.29 is 4.74 Å². The van der Waals surface area contributed by atoms with Crippen LogP contribution in [0.5, 0.6) is 0 Å². The summed E-state index contributed by atoms with van der Waals surface area (Å²) in [7, 11) is 0. The minimum atomic E-state index is -0.374. The number of rotatable bonds is 4. The second kappa shape index (κ2) is 5.94. The molecular weight excluding hydrogens is 240 g/mol. The Morgan fingerprint density at radius 3 is 2.68 bits per heavy atom. The number of ether oxygens (including phenoxy) is 1. The van der Waals surface area contributed by atoms with E-state index in [-0.39, 0.29) is 17.5 Å². The van der Waals surface area contributed by atoms with E-state index in [4.69, 9.17) is 15.7 Å². The first kappa shape index (κ1) is 13.0. The van der Waals surface area contributed by atoms with Crippen molar-refractivity contribution in [3.63, 3.8) is 0 Å². The highest BCUT2D eigenvalue weighted by Crippen LogP contribution is 2.23. The molecule has 2 rings (SSSR count). The predicted octanol–water partition coefficient (Wildman–Crippen LogP) is 2.06. The maximum atomic E-state index is 8.83. The molecule has 0 fully saturated rings. The molecule has 2 N–H and O–H groups in total. The van der Waals surface area contributed by atoms with E-state index < -0.39 is 0 Å². The molecule has 1 heterocycles. The van der Waals surface area contributed by atoms with Gasteiger partial charge in [0, 0.05) is 6.61 Å². The molecule has 0 radical (unpaired) electrons. The van der Waals surface area contributed by atoms with Gasteiger partial charge in [0.25, 0.3) is 0 Å². The molecule has 1 aromatic carbocycles. The van der Waals surface area contributed by atoms with Crippen molar-refractivity contribution in [2.75, 3.05) is 12.3 Å². The molecule has 0 aliphatic heterocycles. The molecule has 1 unspecified atom stereocenters. The van der Waals surface area contributed by atoms with E-state index >= 15 is 0 Å². The smallest absolute Gasteiger partial charge is 0.164 e. The second-order valence-electron chi connectivity index (χ2n) is 3.88. The molecule has 5 heteroatoms. The Labute approximate surface area is 111 Å². The number of anilines is 1. The van der Waals surface area contributed by atoms with Crippen LogP contribution >= 0.6 is 0 Å². The van der Waals surface area contributed by atoms with Gasteiger partial charge in [-0.3, -0.25) is 0 Å². The first-order chi connectivity index (χ1) is 9.26. The van der Waals surface area contributed by atoms with Gasteiger partial charge in [-0.25, -0.2) is 9.97 Å². The van der Waals surface area contributed by atoms with E-state index in [1.54, 1.807) is 0 Å². The average Bonchev–Trinajstić information content (AvgIpc) is 2.45. The summed E-state index contributed by atoms with van der Waals surface area (Å²) in [5, 5.41) is 8.83. The van der Waals surface area contributed by atoms with Gasteiger partial charge in [0.1, 0.15) is 23.6 Å². The van der Waals surface area contributed by atoms with Crippen molar-refractivity contribution in [1.82, 2.24) is 9.97 Å². The van der Waals surface area contributed by atoms with Gasteiger partial charge in [0.15, 0.2) is 5.82 Å². The van der Waals surface area contributed by atoms with Gasteiger partial charge in [0.2, 0.25) is 0 Å². The summed E-state index contributed by atoms with van der Waals surface area (Å²) < 4.78 is 5.68. The SMILES string of the molecule is CCOC(c1ccccc1)c1ncc(C#N)c(N)n1. The lowest BCUT2D eigenvalue weighted by atomic mass is 10.1. The van der Waals surface area contributed by atoms with Crippen LogP contribution in [-0.2, 0) is 4.74 Å². The largest absolute Gasteiger partial charge is 0.382 e. The van der Waals surface area contributed by atoms with Crippen molar-refractivity contribution in [3.8, 4) is 6.07 Å². The lowest BCUT2D eigenvalue weighted by molar-refractivity contribution is 0.0852. The quantitative estimate of drug-likeness (QED) is 0.902. The molecule has 5 nitrogen and oxygen atoms in total. The number of nitriles is 1. The monoisotopic (exact) mass is 254 g/mol. The van der Waals surface area contributed by atoms with Crippen LogP contribution in [0.1, 0.15) is 30.0 Å². The summed E-state index contributed by atoms with van der Waals surface area (Å²) in [5.74, 6) is 0.637. The molecule has 0 aliphatic rings. The van der Waals surface area contributed by atoms with E-state index in [1.807, 2.05) is 43.3 Å². The zero-order chi connectivity index (χ0) is 13.7. The highest BCUT2D eigenvalue weighted by atomic mass is 16.5. The number of nitrogens with two attached hydrogens (primary N) is 1. The predicted molar refractivity (Wildman–Crippen MR) is 71.1 cm³/mol. The molecule has 0 saturated heterocycles. The Bertz CT molecular complexity index is 592. The summed E-state index contributed by atoms with van der Waals surface area (Å²) in [5.41, 5.74) is 6.94. The number of hydrogen-bond acceptors (Lipinski definition) is 5. The molecule has 0 bridgehead atoms. The topological polar surface area (TPSA) is 84.8 Å². The zero-order valence-electron chi connectivity index (χ0n) is 10.6. The van der Waals surface area contributed by atoms with Crippen molar-refractivity contribution in [1.29, 1.82) is 5.26 Å². The normalized spacial score (nSPS) is 11.8. The van der Waals surface area contributed by atoms with Gasteiger partial charge in [0.05, 0.1) is 6.20 Å². The van der Waals surface area contributed by atoms with Crippen LogP contribution in [0.3, 0.4) is 0 Å². The number of aromatic nitrogens is 2. The Morgan fingerprint density at radius 2 is 2.11 bits per heavy atom. The van der Waals surface area contributed by atoms with Gasteiger partial charge < -0.3 is 10.5 Å². The number of hydrogen-bond donors (Lipinski definition) is 1. The highest BCUT2D eigenvalue weighted by molar-refractivity contribution is 5.46. The second-order valence-corrected chi connectivity index (χ2v) is 3.88. The van der Waals surface area contributed by atoms with E-state index in [1.165, 1.54) is 6.20 Å². The highest BCUT2D eigenvalue weighted by Gasteiger charge is 2.18. The van der Waals surface area contributed by atoms with Crippen LogP contribution in [0.25, 0.3) is 0 Å². The third kappa shape index (κ3) is 2.87. The first-order valence-electron chi connectivity index (χ1n) is 5.95. The summed E-state index contributed by atoms with van der Waals surface area (Å²) in [6, 6.07) is 11.6. The standard InChI is InChI=1S/C14H14N4O/c1-2-19-12(10-6-4-3-5-7-10)14-17-9-11(8-15)13(16)18-14/h3-7,9,12H,2H2,1H3,(H2,16,17,18). The summed E-state index contributed by atoms with van der Waals surface area (Å²) in [6.45, 7) is 2.44. The molecule has 96 valence electrons. The van der Waals surface area contributed by atoms with Crippen LogP contribution in [0.4, 0.5) is 5.82 Å². The lowest BCUT2D eigenvalue weighted by Crippen LogP contribution is -2.12. The molecule has 0 aliphatic carbocycles. The third-order valence-corrected chi connectivity index (χ3v) is 2.63. The van der Waals surface area contributed by atoms with Crippen molar-refractivity contribution in [2.24, 2.45) is 0 Å². The molecular formula is C14H14N4O. The minimum Gasteiger partial charge on any atom is -0.382 e. The zero-order valence-corrected chi connectivity index (χ0v) is 10.6. The van der Waals surface area contributed by atoms with E-state index in [0.29, 0.717) is 12.4 Å². The molecule has 0 saturated carbocycles. The van der Waals surface area contributed by atoms with Gasteiger partial charge in [-0.1, -0.05) is 30.3 Å². The molecule has 1 atom stereocenters. The number of benzene rings is 1. The fourth-order valence-corrected chi connectivity index (χ4v) is 1.74. The van der Waals surface area contributed by atoms with Crippen molar-refractivity contribution >= 4 is 5.82 Å². The van der Waals surface area contributed by atoms with Gasteiger partial charge >= 0.3 is 0 Å². The van der Waals surface area contributed by atoms with E-state index in [2.05, 4.69) is 9.97 Å². The fraction of sp³-hybridized carbons (Fsp3) is 0.214. The maximum Gasteiger partial charge on any atom is 0.164 e. The van der Waals surface area contributed by atoms with Crippen LogP contribution in [0, 0.1) is 11.3 Å². The van der Waals surface area contributed by atoms with Crippen molar-refractivity contribution in [3.05, 3.63) is 53.5 Å². The van der Waals surface area contributed by atoms with Crippen LogP contribution in [0.2, 0.25) is 0 Å². The maximum absolute atomic E-state index is 8.83. The summed E-state index contributed by atoms with van der Waals surface area (Å²) >= 11 is 0. The third-order valence-electron chi connectivity index (χ3n) is 2.63. The van der Waals surface area contributed by atoms with Crippen LogP contribution in [-0.4, -0.2) is 16.6 Å². The summed E-state index contributed by atoms with van der Waals surface area (Å²) in [6.07, 6.45) is 1.05. The van der Waals surface area contributed by atoms with Crippen LogP contribution in [0.15, 0.2) is 36.5 Å². The van der Waals surface area contributed by atoms with E-state index in [9.17, 15) is 0 Å². The Kier molecular flexibility index (Phi) is 4.06. The summed E-state index contributed by atoms with van der Waals surface area (Å²) in [4.78, 5) is 8.33. The Morgan fingerprint density at radius 1 is 1.37 bits per heavy atom. The average molecular weight is 254 g/mol. The Balaban J connectivity index is 2.40. The van der Waals surface area contributed by atoms with Crippen molar-refractivity contribution in [2.45, 2.75) is 13.0 Å². The number of nitrogens with zero attached hydrogens (tertiary/aromatic N) is 3. The molecule has 2 aromatic rings. The van der Waals surface area contributed by atoms with Crippen LogP contribution < -0.4 is 5.73 Å². The molecule has 1 aromatic heterocycles. The van der Waals surface area contributed by atoms with Gasteiger partial charge in [-0.05, 0) is 12.5 Å². The minimum absolute atomic E-state index is 0.174. The first-order valence-corrected chi connectivity index (χ1v) is 5.95. The number of nitrogen functional groups attached to an aromatic ring is 1.